The molecule has 3 heterocycles. The van der Waals surface area contributed by atoms with E-state index in [1.807, 2.05) is 0 Å². The van der Waals surface area contributed by atoms with Crippen molar-refractivity contribution in [3.05, 3.63) is 0 Å². The number of hydrogen-bond donors (Lipinski definition) is 9. The van der Waals surface area contributed by atoms with Crippen LogP contribution in [-0.4, -0.2) is 190 Å². The summed E-state index contributed by atoms with van der Waals surface area (Å²) >= 11 is 0. The lowest BCUT2D eigenvalue weighted by Crippen LogP contribution is -2.63. The summed E-state index contributed by atoms with van der Waals surface area (Å²) in [5.41, 5.74) is 0. The van der Waals surface area contributed by atoms with Crippen LogP contribution in [0.15, 0.2) is 0 Å². The molecule has 5 aliphatic rings. The average Bonchev–Trinajstić information content (AvgIpc) is 3.08. The van der Waals surface area contributed by atoms with Gasteiger partial charge in [-0.3, -0.25) is 4.79 Å². The van der Waals surface area contributed by atoms with Crippen LogP contribution in [0.5, 0.6) is 0 Å². The second-order valence-corrected chi connectivity index (χ2v) is 13.8. The summed E-state index contributed by atoms with van der Waals surface area (Å²) in [5.74, 6) is -1.52. The van der Waals surface area contributed by atoms with Gasteiger partial charge in [-0.05, 0) is 31.6 Å². The lowest BCUT2D eigenvalue weighted by molar-refractivity contribution is -0.345. The van der Waals surface area contributed by atoms with E-state index in [0.29, 0.717) is 12.8 Å². The standard InChI is InChI=1S/C31H52O18/c1-11(33)44-10-21-24(37)26(39)28(41)30(49-21)46-16-7-13(34)6-15-14(16)8-19(47-31-27(40)25(38)23(36)20(9-32)48-31)29(45-15)12-4-17(42-2)22(35)18(5-12)43-3/h12-32,34-41H,4-10H2,1-3H3. The number of ether oxygens (including phenoxy) is 8. The summed E-state index contributed by atoms with van der Waals surface area (Å²) in [7, 11) is 2.94. The third-order valence-electron chi connectivity index (χ3n) is 10.7. The van der Waals surface area contributed by atoms with Crippen LogP contribution >= 0.6 is 0 Å². The molecule has 5 fully saturated rings. The van der Waals surface area contributed by atoms with Gasteiger partial charge in [-0.2, -0.15) is 0 Å². The number of aliphatic hydroxyl groups is 9. The maximum absolute atomic E-state index is 11.4. The molecule has 0 amide bonds. The third kappa shape index (κ3) is 8.40. The number of aliphatic hydroxyl groups excluding tert-OH is 9. The summed E-state index contributed by atoms with van der Waals surface area (Å²) in [4.78, 5) is 11.4. The molecule has 3 aliphatic heterocycles. The minimum atomic E-state index is -1.71. The maximum atomic E-state index is 11.4. The van der Waals surface area contributed by atoms with Crippen molar-refractivity contribution >= 4 is 5.97 Å². The highest BCUT2D eigenvalue weighted by Gasteiger charge is 2.55. The van der Waals surface area contributed by atoms with Crippen LogP contribution in [-0.2, 0) is 42.7 Å². The molecule has 3 saturated heterocycles. The Morgan fingerprint density at radius 1 is 0.633 bits per heavy atom. The molecule has 18 nitrogen and oxygen atoms in total. The predicted molar refractivity (Wildman–Crippen MR) is 159 cm³/mol. The molecule has 0 aromatic heterocycles. The number of rotatable bonds is 10. The van der Waals surface area contributed by atoms with Gasteiger partial charge >= 0.3 is 5.97 Å². The van der Waals surface area contributed by atoms with Crippen LogP contribution in [0.3, 0.4) is 0 Å². The van der Waals surface area contributed by atoms with E-state index in [1.54, 1.807) is 0 Å². The fraction of sp³-hybridized carbons (Fsp3) is 0.968. The van der Waals surface area contributed by atoms with Gasteiger partial charge in [-0.1, -0.05) is 0 Å². The zero-order chi connectivity index (χ0) is 35.7. The number of fused-ring (bicyclic) bond motifs is 1. The lowest BCUT2D eigenvalue weighted by atomic mass is 9.72. The minimum Gasteiger partial charge on any atom is -0.463 e. The van der Waals surface area contributed by atoms with E-state index in [4.69, 9.17) is 37.9 Å². The first-order valence-corrected chi connectivity index (χ1v) is 16.8. The minimum absolute atomic E-state index is 0.0644. The van der Waals surface area contributed by atoms with Crippen molar-refractivity contribution in [2.45, 2.75) is 149 Å². The molecule has 5 rings (SSSR count). The van der Waals surface area contributed by atoms with Gasteiger partial charge in [0.2, 0.25) is 0 Å². The van der Waals surface area contributed by atoms with Crippen LogP contribution in [0.1, 0.15) is 39.0 Å². The fourth-order valence-electron chi connectivity index (χ4n) is 7.92. The van der Waals surface area contributed by atoms with Gasteiger partial charge in [0.25, 0.3) is 0 Å². The Balaban J connectivity index is 1.40. The van der Waals surface area contributed by atoms with Gasteiger partial charge in [0.1, 0.15) is 61.5 Å². The summed E-state index contributed by atoms with van der Waals surface area (Å²) in [6.07, 6.45) is -20.5. The van der Waals surface area contributed by atoms with E-state index in [-0.39, 0.29) is 25.2 Å². The van der Waals surface area contributed by atoms with Gasteiger partial charge in [-0.15, -0.1) is 0 Å². The van der Waals surface area contributed by atoms with Gasteiger partial charge in [0.15, 0.2) is 12.6 Å². The summed E-state index contributed by atoms with van der Waals surface area (Å²) in [6, 6.07) is 0. The summed E-state index contributed by atoms with van der Waals surface area (Å²) in [6.45, 7) is 0.0831. The molecule has 0 radical (unpaired) electrons. The molecule has 9 N–H and O–H groups in total. The molecular weight excluding hydrogens is 660 g/mol. The van der Waals surface area contributed by atoms with Crippen molar-refractivity contribution in [2.75, 3.05) is 27.4 Å². The van der Waals surface area contributed by atoms with Crippen molar-refractivity contribution in [2.24, 2.45) is 11.8 Å². The largest absolute Gasteiger partial charge is 0.463 e. The van der Waals surface area contributed by atoms with Crippen molar-refractivity contribution in [1.29, 1.82) is 0 Å². The van der Waals surface area contributed by atoms with Crippen LogP contribution in [0.4, 0.5) is 0 Å². The smallest absolute Gasteiger partial charge is 0.302 e. The van der Waals surface area contributed by atoms with E-state index >= 15 is 0 Å². The second-order valence-electron chi connectivity index (χ2n) is 13.8. The fourth-order valence-corrected chi connectivity index (χ4v) is 7.92. The van der Waals surface area contributed by atoms with E-state index in [0.717, 1.165) is 6.92 Å². The number of carbonyl (C=O) groups excluding carboxylic acids is 1. The van der Waals surface area contributed by atoms with E-state index < -0.39 is 135 Å². The molecule has 0 aromatic carbocycles. The SMILES string of the molecule is COC1CC(C2OC3CC(O)CC(OC4OC(COC(C)=O)C(O)C(O)C4O)C3CC2OC2OC(CO)C(O)C(O)C2O)CC(OC)C1O. The Morgan fingerprint density at radius 3 is 1.73 bits per heavy atom. The number of hydrogen-bond acceptors (Lipinski definition) is 18. The Morgan fingerprint density at radius 2 is 1.18 bits per heavy atom. The molecule has 18 heteroatoms. The zero-order valence-electron chi connectivity index (χ0n) is 27.7. The molecule has 2 saturated carbocycles. The summed E-state index contributed by atoms with van der Waals surface area (Å²) < 4.78 is 46.7. The molecule has 2 aliphatic carbocycles. The van der Waals surface area contributed by atoms with Gasteiger partial charge in [0.05, 0.1) is 49.3 Å². The molecule has 284 valence electrons. The van der Waals surface area contributed by atoms with E-state index in [2.05, 4.69) is 0 Å². The van der Waals surface area contributed by atoms with Crippen LogP contribution in [0.25, 0.3) is 0 Å². The number of esters is 1. The average molecular weight is 713 g/mol. The van der Waals surface area contributed by atoms with Gasteiger partial charge in [0, 0.05) is 33.5 Å². The van der Waals surface area contributed by atoms with Crippen molar-refractivity contribution in [3.8, 4) is 0 Å². The van der Waals surface area contributed by atoms with Crippen molar-refractivity contribution < 1.29 is 88.6 Å². The monoisotopic (exact) mass is 712 g/mol. The highest BCUT2D eigenvalue weighted by Crippen LogP contribution is 2.45. The topological polar surface area (TPSA) is 273 Å². The molecule has 0 spiro atoms. The Hall–Kier alpha value is -1.17. The Kier molecular flexibility index (Phi) is 13.3. The van der Waals surface area contributed by atoms with Gasteiger partial charge in [-0.25, -0.2) is 0 Å². The molecular formula is C31H52O18. The predicted octanol–water partition coefficient (Wildman–Crippen LogP) is -4.34. The molecule has 0 bridgehead atoms. The first-order valence-electron chi connectivity index (χ1n) is 16.8. The summed E-state index contributed by atoms with van der Waals surface area (Å²) in [5, 5.41) is 94.8. The molecule has 18 unspecified atom stereocenters. The van der Waals surface area contributed by atoms with Crippen molar-refractivity contribution in [3.63, 3.8) is 0 Å². The van der Waals surface area contributed by atoms with Gasteiger partial charge < -0.3 is 83.9 Å². The van der Waals surface area contributed by atoms with Crippen molar-refractivity contribution in [1.82, 2.24) is 0 Å². The second kappa shape index (κ2) is 16.7. The van der Waals surface area contributed by atoms with Crippen LogP contribution in [0.2, 0.25) is 0 Å². The molecule has 18 atom stereocenters. The lowest BCUT2D eigenvalue weighted by Gasteiger charge is -2.53. The maximum Gasteiger partial charge on any atom is 0.302 e. The Bertz CT molecular complexity index is 1050. The third-order valence-corrected chi connectivity index (χ3v) is 10.7. The Labute approximate surface area is 283 Å². The van der Waals surface area contributed by atoms with Crippen LogP contribution < -0.4 is 0 Å². The first-order chi connectivity index (χ1) is 23.3. The first kappa shape index (κ1) is 39.0. The highest BCUT2D eigenvalue weighted by molar-refractivity contribution is 5.65. The normalized spacial score (nSPS) is 50.8. The molecule has 0 aromatic rings. The number of methoxy groups -OCH3 is 2. The van der Waals surface area contributed by atoms with E-state index in [9.17, 15) is 50.8 Å². The number of carbonyl (C=O) groups is 1. The van der Waals surface area contributed by atoms with E-state index in [1.165, 1.54) is 14.2 Å². The quantitative estimate of drug-likeness (QED) is 0.0969. The highest BCUT2D eigenvalue weighted by atomic mass is 16.7. The van der Waals surface area contributed by atoms with Crippen LogP contribution in [0, 0.1) is 11.8 Å². The zero-order valence-corrected chi connectivity index (χ0v) is 27.7. The molecule has 49 heavy (non-hydrogen) atoms.